The molecular formula is C20H24N2O2. The molecule has 3 rings (SSSR count). The highest BCUT2D eigenvalue weighted by Gasteiger charge is 2.21. The fraction of sp³-hybridized carbons (Fsp3) is 0.350. The summed E-state index contributed by atoms with van der Waals surface area (Å²) < 4.78 is 5.23. The quantitative estimate of drug-likeness (QED) is 0.863. The topological polar surface area (TPSA) is 36.7 Å². The second kappa shape index (κ2) is 7.97. The van der Waals surface area contributed by atoms with Crippen LogP contribution in [0.4, 0.5) is 0 Å². The van der Waals surface area contributed by atoms with Gasteiger partial charge in [0.2, 0.25) is 0 Å². The maximum Gasteiger partial charge on any atom is 0.289 e. The van der Waals surface area contributed by atoms with Crippen LogP contribution in [0.15, 0.2) is 58.7 Å². The lowest BCUT2D eigenvalue weighted by Crippen LogP contribution is -2.35. The lowest BCUT2D eigenvalue weighted by Gasteiger charge is -2.21. The molecule has 0 radical (unpaired) electrons. The van der Waals surface area contributed by atoms with Gasteiger partial charge in [-0.2, -0.15) is 0 Å². The number of benzene rings is 1. The van der Waals surface area contributed by atoms with Gasteiger partial charge in [-0.15, -0.1) is 0 Å². The van der Waals surface area contributed by atoms with Crippen LogP contribution < -0.4 is 0 Å². The predicted octanol–water partition coefficient (Wildman–Crippen LogP) is 3.53. The fourth-order valence-corrected chi connectivity index (χ4v) is 3.12. The Morgan fingerprint density at radius 2 is 1.92 bits per heavy atom. The molecule has 1 amide bonds. The first kappa shape index (κ1) is 16.5. The molecule has 0 aliphatic carbocycles. The molecule has 126 valence electrons. The molecule has 0 unspecified atom stereocenters. The summed E-state index contributed by atoms with van der Waals surface area (Å²) in [6, 6.07) is 13.9. The van der Waals surface area contributed by atoms with Crippen LogP contribution in [-0.4, -0.2) is 48.4 Å². The number of hydrogen-bond donors (Lipinski definition) is 0. The molecule has 1 aromatic heterocycles. The van der Waals surface area contributed by atoms with Gasteiger partial charge in [-0.3, -0.25) is 9.69 Å². The van der Waals surface area contributed by atoms with Gasteiger partial charge < -0.3 is 9.32 Å². The standard InChI is InChI=1S/C20H24N2O2/c1-17(15-18-7-3-2-4-8-18)16-21-10-6-11-22(13-12-21)20(23)19-9-5-14-24-19/h2-5,7-9,14-15H,6,10-13,16H2,1H3. The van der Waals surface area contributed by atoms with Crippen LogP contribution in [0, 0.1) is 0 Å². The van der Waals surface area contributed by atoms with Crippen LogP contribution in [0.1, 0.15) is 29.5 Å². The average Bonchev–Trinajstić information content (AvgIpc) is 3.03. The van der Waals surface area contributed by atoms with Crippen molar-refractivity contribution in [2.75, 3.05) is 32.7 Å². The van der Waals surface area contributed by atoms with E-state index in [2.05, 4.69) is 42.2 Å². The van der Waals surface area contributed by atoms with Gasteiger partial charge in [0.1, 0.15) is 0 Å². The van der Waals surface area contributed by atoms with Crippen molar-refractivity contribution in [1.29, 1.82) is 0 Å². The minimum absolute atomic E-state index is 0.00148. The maximum absolute atomic E-state index is 12.4. The van der Waals surface area contributed by atoms with E-state index < -0.39 is 0 Å². The van der Waals surface area contributed by atoms with E-state index in [1.54, 1.807) is 18.4 Å². The Kier molecular flexibility index (Phi) is 5.49. The highest BCUT2D eigenvalue weighted by molar-refractivity contribution is 5.91. The Balaban J connectivity index is 1.56. The Morgan fingerprint density at radius 3 is 2.67 bits per heavy atom. The van der Waals surface area contributed by atoms with Crippen LogP contribution in [0.3, 0.4) is 0 Å². The van der Waals surface area contributed by atoms with Crippen molar-refractivity contribution in [2.24, 2.45) is 0 Å². The average molecular weight is 324 g/mol. The molecular weight excluding hydrogens is 300 g/mol. The van der Waals surface area contributed by atoms with Gasteiger partial charge in [0.05, 0.1) is 6.26 Å². The van der Waals surface area contributed by atoms with Crippen molar-refractivity contribution in [1.82, 2.24) is 9.80 Å². The van der Waals surface area contributed by atoms with Crippen LogP contribution in [0.25, 0.3) is 6.08 Å². The Labute approximate surface area is 143 Å². The third kappa shape index (κ3) is 4.36. The van der Waals surface area contributed by atoms with E-state index in [0.717, 1.165) is 39.1 Å². The molecule has 1 saturated heterocycles. The van der Waals surface area contributed by atoms with Crippen LogP contribution in [-0.2, 0) is 0 Å². The summed E-state index contributed by atoms with van der Waals surface area (Å²) in [4.78, 5) is 16.7. The molecule has 2 aromatic rings. The van der Waals surface area contributed by atoms with Gasteiger partial charge in [-0.05, 0) is 31.0 Å². The van der Waals surface area contributed by atoms with E-state index in [1.165, 1.54) is 11.1 Å². The van der Waals surface area contributed by atoms with E-state index in [9.17, 15) is 4.79 Å². The van der Waals surface area contributed by atoms with Gasteiger partial charge in [0.25, 0.3) is 5.91 Å². The molecule has 0 saturated carbocycles. The molecule has 1 aromatic carbocycles. The van der Waals surface area contributed by atoms with Crippen LogP contribution >= 0.6 is 0 Å². The van der Waals surface area contributed by atoms with E-state index in [-0.39, 0.29) is 5.91 Å². The number of amides is 1. The zero-order valence-corrected chi connectivity index (χ0v) is 14.1. The molecule has 4 nitrogen and oxygen atoms in total. The summed E-state index contributed by atoms with van der Waals surface area (Å²) in [6.45, 7) is 6.56. The molecule has 0 N–H and O–H groups in total. The van der Waals surface area contributed by atoms with Gasteiger partial charge in [-0.25, -0.2) is 0 Å². The van der Waals surface area contributed by atoms with Gasteiger partial charge in [-0.1, -0.05) is 42.0 Å². The lowest BCUT2D eigenvalue weighted by atomic mass is 10.1. The third-order valence-corrected chi connectivity index (χ3v) is 4.29. The highest BCUT2D eigenvalue weighted by atomic mass is 16.3. The van der Waals surface area contributed by atoms with Crippen molar-refractivity contribution < 1.29 is 9.21 Å². The first-order valence-electron chi connectivity index (χ1n) is 8.50. The lowest BCUT2D eigenvalue weighted by molar-refractivity contribution is 0.0730. The number of hydrogen-bond acceptors (Lipinski definition) is 3. The van der Waals surface area contributed by atoms with Gasteiger partial charge in [0.15, 0.2) is 5.76 Å². The summed E-state index contributed by atoms with van der Waals surface area (Å²) in [5, 5.41) is 0. The van der Waals surface area contributed by atoms with Gasteiger partial charge in [0, 0.05) is 32.7 Å². The van der Waals surface area contributed by atoms with Crippen LogP contribution in [0.5, 0.6) is 0 Å². The zero-order valence-electron chi connectivity index (χ0n) is 14.1. The van der Waals surface area contributed by atoms with E-state index >= 15 is 0 Å². The molecule has 0 spiro atoms. The SMILES string of the molecule is CC(=Cc1ccccc1)CN1CCCN(C(=O)c2ccco2)CC1. The number of rotatable bonds is 4. The normalized spacial score (nSPS) is 16.9. The number of furan rings is 1. The predicted molar refractivity (Wildman–Crippen MR) is 95.8 cm³/mol. The zero-order chi connectivity index (χ0) is 16.8. The Bertz CT molecular complexity index is 677. The summed E-state index contributed by atoms with van der Waals surface area (Å²) in [5.41, 5.74) is 2.58. The largest absolute Gasteiger partial charge is 0.459 e. The summed E-state index contributed by atoms with van der Waals surface area (Å²) >= 11 is 0. The second-order valence-corrected chi connectivity index (χ2v) is 6.30. The molecule has 4 heteroatoms. The first-order valence-corrected chi connectivity index (χ1v) is 8.50. The Hall–Kier alpha value is -2.33. The van der Waals surface area contributed by atoms with E-state index in [1.807, 2.05) is 11.0 Å². The number of carbonyl (C=O) groups is 1. The Morgan fingerprint density at radius 1 is 1.08 bits per heavy atom. The summed E-state index contributed by atoms with van der Waals surface area (Å²) in [6.07, 6.45) is 4.77. The molecule has 2 heterocycles. The third-order valence-electron chi connectivity index (χ3n) is 4.29. The minimum atomic E-state index is -0.00148. The van der Waals surface area contributed by atoms with Gasteiger partial charge >= 0.3 is 0 Å². The summed E-state index contributed by atoms with van der Waals surface area (Å²) in [5.74, 6) is 0.432. The van der Waals surface area contributed by atoms with Crippen LogP contribution in [0.2, 0.25) is 0 Å². The minimum Gasteiger partial charge on any atom is -0.459 e. The summed E-state index contributed by atoms with van der Waals surface area (Å²) in [7, 11) is 0. The molecule has 1 aliphatic rings. The van der Waals surface area contributed by atoms with E-state index in [0.29, 0.717) is 5.76 Å². The molecule has 0 atom stereocenters. The molecule has 1 aliphatic heterocycles. The smallest absolute Gasteiger partial charge is 0.289 e. The molecule has 1 fully saturated rings. The van der Waals surface area contributed by atoms with Crippen molar-refractivity contribution in [2.45, 2.75) is 13.3 Å². The maximum atomic E-state index is 12.4. The second-order valence-electron chi connectivity index (χ2n) is 6.30. The number of nitrogens with zero attached hydrogens (tertiary/aromatic N) is 2. The van der Waals surface area contributed by atoms with Crippen molar-refractivity contribution in [3.8, 4) is 0 Å². The molecule has 24 heavy (non-hydrogen) atoms. The highest BCUT2D eigenvalue weighted by Crippen LogP contribution is 2.12. The fourth-order valence-electron chi connectivity index (χ4n) is 3.12. The van der Waals surface area contributed by atoms with Crippen molar-refractivity contribution >= 4 is 12.0 Å². The number of carbonyl (C=O) groups excluding carboxylic acids is 1. The molecule has 0 bridgehead atoms. The monoisotopic (exact) mass is 324 g/mol. The van der Waals surface area contributed by atoms with Crippen molar-refractivity contribution in [3.63, 3.8) is 0 Å². The van der Waals surface area contributed by atoms with Crippen molar-refractivity contribution in [3.05, 3.63) is 65.6 Å². The van der Waals surface area contributed by atoms with E-state index in [4.69, 9.17) is 4.42 Å². The first-order chi connectivity index (χ1) is 11.7.